The summed E-state index contributed by atoms with van der Waals surface area (Å²) in [5.74, 6) is 0. The number of nitrogens with one attached hydrogen (secondary N) is 1. The van der Waals surface area contributed by atoms with E-state index < -0.39 is 0 Å². The normalized spacial score (nSPS) is 27.6. The summed E-state index contributed by atoms with van der Waals surface area (Å²) in [6, 6.07) is 0. The lowest BCUT2D eigenvalue weighted by Crippen LogP contribution is -2.68. The van der Waals surface area contributed by atoms with Gasteiger partial charge in [-0.2, -0.15) is 0 Å². The third kappa shape index (κ3) is 3.01. The van der Waals surface area contributed by atoms with Gasteiger partial charge in [-0.3, -0.25) is 9.88 Å². The van der Waals surface area contributed by atoms with E-state index in [2.05, 4.69) is 42.9 Å². The zero-order chi connectivity index (χ0) is 13.9. The predicted octanol–water partition coefficient (Wildman–Crippen LogP) is 3.28. The molecule has 4 heteroatoms. The van der Waals surface area contributed by atoms with Gasteiger partial charge in [0, 0.05) is 41.8 Å². The molecule has 19 heavy (non-hydrogen) atoms. The van der Waals surface area contributed by atoms with Gasteiger partial charge in [0.15, 0.2) is 0 Å². The average molecular weight is 281 g/mol. The van der Waals surface area contributed by atoms with E-state index in [9.17, 15) is 0 Å². The van der Waals surface area contributed by atoms with E-state index in [-0.39, 0.29) is 5.54 Å². The van der Waals surface area contributed by atoms with Crippen molar-refractivity contribution in [3.8, 4) is 0 Å². The first-order valence-electron chi connectivity index (χ1n) is 7.45. The smallest absolute Gasteiger partial charge is 0.0794 e. The Balaban J connectivity index is 2.20. The summed E-state index contributed by atoms with van der Waals surface area (Å²) in [5, 5.41) is 3.79. The largest absolute Gasteiger partial charge is 0.308 e. The molecule has 1 atom stereocenters. The maximum absolute atomic E-state index is 4.22. The second-order valence-electron chi connectivity index (χ2n) is 6.02. The molecule has 0 amide bonds. The number of rotatable bonds is 5. The van der Waals surface area contributed by atoms with E-state index in [1.807, 2.05) is 11.7 Å². The zero-order valence-corrected chi connectivity index (χ0v) is 13.5. The summed E-state index contributed by atoms with van der Waals surface area (Å²) >= 11 is 1.77. The number of aromatic nitrogens is 1. The summed E-state index contributed by atoms with van der Waals surface area (Å²) in [6.45, 7) is 12.5. The van der Waals surface area contributed by atoms with Gasteiger partial charge in [0.2, 0.25) is 0 Å². The third-order valence-corrected chi connectivity index (χ3v) is 5.75. The van der Waals surface area contributed by atoms with Crippen molar-refractivity contribution in [3.05, 3.63) is 16.6 Å². The van der Waals surface area contributed by atoms with Gasteiger partial charge < -0.3 is 5.32 Å². The number of thiazole rings is 1. The van der Waals surface area contributed by atoms with Crippen LogP contribution >= 0.6 is 11.3 Å². The molecule has 2 heterocycles. The van der Waals surface area contributed by atoms with Crippen LogP contribution in [0.15, 0.2) is 11.7 Å². The van der Waals surface area contributed by atoms with E-state index in [0.717, 1.165) is 19.6 Å². The molecule has 1 aliphatic heterocycles. The molecule has 1 fully saturated rings. The fraction of sp³-hybridized carbons (Fsp3) is 0.800. The molecule has 1 unspecified atom stereocenters. The van der Waals surface area contributed by atoms with Crippen LogP contribution in [0.2, 0.25) is 0 Å². The van der Waals surface area contributed by atoms with Gasteiger partial charge in [-0.15, -0.1) is 11.3 Å². The minimum atomic E-state index is 0.249. The number of hydrogen-bond donors (Lipinski definition) is 1. The highest BCUT2D eigenvalue weighted by Gasteiger charge is 2.42. The first kappa shape index (κ1) is 14.9. The topological polar surface area (TPSA) is 28.2 Å². The quantitative estimate of drug-likeness (QED) is 0.898. The van der Waals surface area contributed by atoms with Crippen LogP contribution in [0, 0.1) is 0 Å². The van der Waals surface area contributed by atoms with Crippen LogP contribution in [0.25, 0.3) is 0 Å². The molecule has 0 radical (unpaired) electrons. The average Bonchev–Trinajstić information content (AvgIpc) is 2.93. The molecule has 0 saturated carbocycles. The SMILES string of the molecule is CCC1(C)CN(Cc2cncs2)C(CC)(CC)CN1. The Morgan fingerprint density at radius 3 is 2.58 bits per heavy atom. The van der Waals surface area contributed by atoms with Crippen molar-refractivity contribution < 1.29 is 0 Å². The molecule has 3 nitrogen and oxygen atoms in total. The van der Waals surface area contributed by atoms with Crippen LogP contribution in [0.3, 0.4) is 0 Å². The van der Waals surface area contributed by atoms with Crippen molar-refractivity contribution in [1.82, 2.24) is 15.2 Å². The molecule has 0 aliphatic carbocycles. The first-order chi connectivity index (χ1) is 9.07. The minimum absolute atomic E-state index is 0.249. The van der Waals surface area contributed by atoms with Gasteiger partial charge in [-0.25, -0.2) is 0 Å². The van der Waals surface area contributed by atoms with E-state index in [1.165, 1.54) is 24.1 Å². The van der Waals surface area contributed by atoms with E-state index in [0.29, 0.717) is 5.54 Å². The van der Waals surface area contributed by atoms with Gasteiger partial charge in [0.25, 0.3) is 0 Å². The van der Waals surface area contributed by atoms with Crippen LogP contribution in [-0.2, 0) is 6.54 Å². The molecule has 0 spiro atoms. The highest BCUT2D eigenvalue weighted by molar-refractivity contribution is 7.09. The number of piperazine rings is 1. The molecular formula is C15H27N3S. The molecule has 1 N–H and O–H groups in total. The lowest BCUT2D eigenvalue weighted by Gasteiger charge is -2.53. The molecule has 2 rings (SSSR count). The van der Waals surface area contributed by atoms with Crippen LogP contribution in [0.4, 0.5) is 0 Å². The maximum atomic E-state index is 4.22. The second-order valence-corrected chi connectivity index (χ2v) is 6.99. The fourth-order valence-electron chi connectivity index (χ4n) is 3.05. The highest BCUT2D eigenvalue weighted by atomic mass is 32.1. The Hall–Kier alpha value is -0.450. The van der Waals surface area contributed by atoms with Crippen molar-refractivity contribution in [2.45, 2.75) is 64.6 Å². The van der Waals surface area contributed by atoms with E-state index in [4.69, 9.17) is 0 Å². The Morgan fingerprint density at radius 1 is 1.32 bits per heavy atom. The Morgan fingerprint density at radius 2 is 2.05 bits per heavy atom. The molecule has 1 aliphatic rings. The maximum Gasteiger partial charge on any atom is 0.0794 e. The first-order valence-corrected chi connectivity index (χ1v) is 8.33. The molecule has 1 aromatic heterocycles. The molecule has 1 saturated heterocycles. The van der Waals surface area contributed by atoms with Crippen molar-refractivity contribution >= 4 is 11.3 Å². The van der Waals surface area contributed by atoms with Crippen LogP contribution in [-0.4, -0.2) is 34.1 Å². The number of hydrogen-bond acceptors (Lipinski definition) is 4. The van der Waals surface area contributed by atoms with Gasteiger partial charge in [0.05, 0.1) is 5.51 Å². The number of nitrogens with zero attached hydrogens (tertiary/aromatic N) is 2. The predicted molar refractivity (Wildman–Crippen MR) is 82.5 cm³/mol. The van der Waals surface area contributed by atoms with E-state index >= 15 is 0 Å². The highest BCUT2D eigenvalue weighted by Crippen LogP contribution is 2.33. The zero-order valence-electron chi connectivity index (χ0n) is 12.7. The third-order valence-electron chi connectivity index (χ3n) is 4.98. The lowest BCUT2D eigenvalue weighted by molar-refractivity contribution is -0.00340. The summed E-state index contributed by atoms with van der Waals surface area (Å²) in [7, 11) is 0. The fourth-order valence-corrected chi connectivity index (χ4v) is 3.66. The Kier molecular flexibility index (Phi) is 4.64. The molecule has 0 bridgehead atoms. The Bertz CT molecular complexity index is 386. The van der Waals surface area contributed by atoms with Crippen molar-refractivity contribution in [3.63, 3.8) is 0 Å². The van der Waals surface area contributed by atoms with Crippen LogP contribution in [0.5, 0.6) is 0 Å². The van der Waals surface area contributed by atoms with Crippen LogP contribution in [0.1, 0.15) is 51.8 Å². The van der Waals surface area contributed by atoms with Gasteiger partial charge >= 0.3 is 0 Å². The summed E-state index contributed by atoms with van der Waals surface area (Å²) < 4.78 is 0. The Labute approximate surface area is 121 Å². The molecule has 108 valence electrons. The van der Waals surface area contributed by atoms with E-state index in [1.54, 1.807) is 11.3 Å². The molecule has 1 aromatic rings. The van der Waals surface area contributed by atoms with Crippen molar-refractivity contribution in [1.29, 1.82) is 0 Å². The minimum Gasteiger partial charge on any atom is -0.308 e. The molecular weight excluding hydrogens is 254 g/mol. The standard InChI is InChI=1S/C15H27N3S/c1-5-14(4)11-18(9-13-8-16-12-19-13)15(6-2,7-3)10-17-14/h8,12,17H,5-7,9-11H2,1-4H3. The van der Waals surface area contributed by atoms with Gasteiger partial charge in [-0.1, -0.05) is 20.8 Å². The monoisotopic (exact) mass is 281 g/mol. The van der Waals surface area contributed by atoms with Crippen LogP contribution < -0.4 is 5.32 Å². The van der Waals surface area contributed by atoms with Gasteiger partial charge in [-0.05, 0) is 26.2 Å². The second kappa shape index (κ2) is 5.90. The summed E-state index contributed by atoms with van der Waals surface area (Å²) in [5.41, 5.74) is 2.49. The molecule has 0 aromatic carbocycles. The van der Waals surface area contributed by atoms with Gasteiger partial charge in [0.1, 0.15) is 0 Å². The summed E-state index contributed by atoms with van der Waals surface area (Å²) in [4.78, 5) is 8.30. The van der Waals surface area contributed by atoms with Crippen molar-refractivity contribution in [2.24, 2.45) is 0 Å². The lowest BCUT2D eigenvalue weighted by atomic mass is 9.82. The summed E-state index contributed by atoms with van der Waals surface area (Å²) in [6.07, 6.45) is 5.60. The van der Waals surface area contributed by atoms with Crippen molar-refractivity contribution in [2.75, 3.05) is 13.1 Å².